The maximum absolute atomic E-state index is 12.8. The number of carbonyl (C=O) groups excluding carboxylic acids is 1. The van der Waals surface area contributed by atoms with Crippen LogP contribution in [0, 0.1) is 6.92 Å². The van der Waals surface area contributed by atoms with Crippen LogP contribution in [0.5, 0.6) is 5.75 Å². The van der Waals surface area contributed by atoms with E-state index in [9.17, 15) is 4.79 Å². The minimum Gasteiger partial charge on any atom is -0.497 e. The summed E-state index contributed by atoms with van der Waals surface area (Å²) in [6.45, 7) is 2.85. The summed E-state index contributed by atoms with van der Waals surface area (Å²) in [5, 5.41) is 11.2. The number of anilines is 1. The Bertz CT molecular complexity index is 1250. The number of hydrogen-bond donors (Lipinski definition) is 1. The van der Waals surface area contributed by atoms with Crippen LogP contribution in [-0.4, -0.2) is 37.6 Å². The van der Waals surface area contributed by atoms with Gasteiger partial charge >= 0.3 is 0 Å². The third-order valence-electron chi connectivity index (χ3n) is 5.75. The number of aryl methyl sites for hydroxylation is 2. The first-order chi connectivity index (χ1) is 15.6. The minimum absolute atomic E-state index is 0.277. The SMILES string of the molecule is COc1cccc(-n2nnc(C(=O)Nc3ccc(-c4cn5c(n4)CCCC5)cc3)c2C)c1. The van der Waals surface area contributed by atoms with Crippen molar-refractivity contribution in [3.05, 3.63) is 71.9 Å². The summed E-state index contributed by atoms with van der Waals surface area (Å²) < 4.78 is 9.13. The molecule has 162 valence electrons. The predicted octanol–water partition coefficient (Wildman–Crippen LogP) is 4.04. The zero-order chi connectivity index (χ0) is 22.1. The van der Waals surface area contributed by atoms with Gasteiger partial charge in [-0.05, 0) is 44.0 Å². The monoisotopic (exact) mass is 428 g/mol. The fourth-order valence-corrected chi connectivity index (χ4v) is 3.99. The first kappa shape index (κ1) is 20.0. The lowest BCUT2D eigenvalue weighted by molar-refractivity contribution is 0.102. The second-order valence-corrected chi connectivity index (χ2v) is 7.86. The lowest BCUT2D eigenvalue weighted by Gasteiger charge is -2.11. The van der Waals surface area contributed by atoms with Gasteiger partial charge in [0.2, 0.25) is 0 Å². The molecule has 2 aromatic carbocycles. The molecule has 0 aliphatic carbocycles. The van der Waals surface area contributed by atoms with Crippen molar-refractivity contribution in [2.24, 2.45) is 0 Å². The molecule has 0 radical (unpaired) electrons. The number of aromatic nitrogens is 5. The molecule has 0 fully saturated rings. The van der Waals surface area contributed by atoms with Crippen LogP contribution >= 0.6 is 0 Å². The molecule has 1 aliphatic rings. The Labute approximate surface area is 185 Å². The molecule has 1 amide bonds. The van der Waals surface area contributed by atoms with Crippen LogP contribution < -0.4 is 10.1 Å². The highest BCUT2D eigenvalue weighted by Crippen LogP contribution is 2.24. The predicted molar refractivity (Wildman–Crippen MR) is 121 cm³/mol. The molecule has 5 rings (SSSR count). The fourth-order valence-electron chi connectivity index (χ4n) is 3.99. The van der Waals surface area contributed by atoms with Crippen LogP contribution in [0.2, 0.25) is 0 Å². The van der Waals surface area contributed by atoms with Gasteiger partial charge in [-0.1, -0.05) is 23.4 Å². The van der Waals surface area contributed by atoms with Crippen molar-refractivity contribution in [1.82, 2.24) is 24.5 Å². The topological polar surface area (TPSA) is 86.9 Å². The van der Waals surface area contributed by atoms with Gasteiger partial charge in [0, 0.05) is 36.5 Å². The maximum atomic E-state index is 12.8. The first-order valence-electron chi connectivity index (χ1n) is 10.7. The molecule has 2 aromatic heterocycles. The van der Waals surface area contributed by atoms with E-state index >= 15 is 0 Å². The third-order valence-corrected chi connectivity index (χ3v) is 5.75. The van der Waals surface area contributed by atoms with Gasteiger partial charge in [-0.3, -0.25) is 4.79 Å². The van der Waals surface area contributed by atoms with Crippen molar-refractivity contribution < 1.29 is 9.53 Å². The smallest absolute Gasteiger partial charge is 0.278 e. The molecule has 8 nitrogen and oxygen atoms in total. The summed E-state index contributed by atoms with van der Waals surface area (Å²) in [7, 11) is 1.61. The van der Waals surface area contributed by atoms with Crippen molar-refractivity contribution in [3.8, 4) is 22.7 Å². The van der Waals surface area contributed by atoms with E-state index in [1.54, 1.807) is 11.8 Å². The number of benzene rings is 2. The van der Waals surface area contributed by atoms with Gasteiger partial charge in [0.25, 0.3) is 5.91 Å². The van der Waals surface area contributed by atoms with Crippen molar-refractivity contribution in [1.29, 1.82) is 0 Å². The highest BCUT2D eigenvalue weighted by Gasteiger charge is 2.18. The van der Waals surface area contributed by atoms with Gasteiger partial charge in [-0.25, -0.2) is 9.67 Å². The van der Waals surface area contributed by atoms with E-state index in [4.69, 9.17) is 9.72 Å². The lowest BCUT2D eigenvalue weighted by Crippen LogP contribution is -2.14. The second-order valence-electron chi connectivity index (χ2n) is 7.86. The molecule has 32 heavy (non-hydrogen) atoms. The molecule has 0 atom stereocenters. The number of hydrogen-bond acceptors (Lipinski definition) is 5. The second kappa shape index (κ2) is 8.30. The Morgan fingerprint density at radius 2 is 1.97 bits per heavy atom. The summed E-state index contributed by atoms with van der Waals surface area (Å²) in [5.41, 5.74) is 4.40. The molecule has 4 aromatic rings. The van der Waals surface area contributed by atoms with Gasteiger partial charge in [0.1, 0.15) is 11.6 Å². The molecule has 0 saturated carbocycles. The average Bonchev–Trinajstić information content (AvgIpc) is 3.43. The molecule has 0 unspecified atom stereocenters. The Morgan fingerprint density at radius 3 is 2.75 bits per heavy atom. The quantitative estimate of drug-likeness (QED) is 0.518. The number of methoxy groups -OCH3 is 1. The number of nitrogens with one attached hydrogen (secondary N) is 1. The average molecular weight is 428 g/mol. The van der Waals surface area contributed by atoms with Gasteiger partial charge in [0.15, 0.2) is 5.69 Å². The van der Waals surface area contributed by atoms with Gasteiger partial charge < -0.3 is 14.6 Å². The number of imidazole rings is 1. The van der Waals surface area contributed by atoms with E-state index in [1.165, 1.54) is 12.8 Å². The summed E-state index contributed by atoms with van der Waals surface area (Å²) >= 11 is 0. The van der Waals surface area contributed by atoms with Crippen LogP contribution in [0.1, 0.15) is 34.8 Å². The molecular weight excluding hydrogens is 404 g/mol. The highest BCUT2D eigenvalue weighted by atomic mass is 16.5. The number of rotatable bonds is 5. The maximum Gasteiger partial charge on any atom is 0.278 e. The van der Waals surface area contributed by atoms with Gasteiger partial charge in [0.05, 0.1) is 24.2 Å². The molecule has 0 spiro atoms. The zero-order valence-corrected chi connectivity index (χ0v) is 18.1. The van der Waals surface area contributed by atoms with Crippen molar-refractivity contribution in [2.75, 3.05) is 12.4 Å². The molecule has 8 heteroatoms. The van der Waals surface area contributed by atoms with Gasteiger partial charge in [-0.15, -0.1) is 5.10 Å². The standard InChI is InChI=1S/C24H24N6O2/c1-16-23(27-28-30(16)19-6-5-7-20(14-19)32-2)24(31)25-18-11-9-17(10-12-18)21-15-29-13-4-3-8-22(29)26-21/h5-7,9-12,14-15H,3-4,8,13H2,1-2H3,(H,25,31). The van der Waals surface area contributed by atoms with Crippen LogP contribution in [0.4, 0.5) is 5.69 Å². The largest absolute Gasteiger partial charge is 0.497 e. The zero-order valence-electron chi connectivity index (χ0n) is 18.1. The van der Waals surface area contributed by atoms with E-state index in [0.29, 0.717) is 17.1 Å². The third kappa shape index (κ3) is 3.75. The molecular formula is C24H24N6O2. The van der Waals surface area contributed by atoms with Crippen molar-refractivity contribution in [3.63, 3.8) is 0 Å². The minimum atomic E-state index is -0.304. The first-order valence-corrected chi connectivity index (χ1v) is 10.7. The van der Waals surface area contributed by atoms with Crippen LogP contribution in [0.3, 0.4) is 0 Å². The number of carbonyl (C=O) groups is 1. The van der Waals surface area contributed by atoms with E-state index in [1.807, 2.05) is 55.5 Å². The molecule has 1 aliphatic heterocycles. The van der Waals surface area contributed by atoms with E-state index < -0.39 is 0 Å². The lowest BCUT2D eigenvalue weighted by atomic mass is 10.1. The van der Waals surface area contributed by atoms with Crippen LogP contribution in [0.25, 0.3) is 16.9 Å². The van der Waals surface area contributed by atoms with E-state index in [0.717, 1.165) is 35.7 Å². The number of ether oxygens (including phenoxy) is 1. The molecule has 0 saturated heterocycles. The van der Waals surface area contributed by atoms with Crippen molar-refractivity contribution >= 4 is 11.6 Å². The molecule has 3 heterocycles. The summed E-state index contributed by atoms with van der Waals surface area (Å²) in [5.74, 6) is 1.56. The fraction of sp³-hybridized carbons (Fsp3) is 0.250. The summed E-state index contributed by atoms with van der Waals surface area (Å²) in [6.07, 6.45) is 5.55. The Morgan fingerprint density at radius 1 is 1.12 bits per heavy atom. The summed E-state index contributed by atoms with van der Waals surface area (Å²) in [6, 6.07) is 15.2. The van der Waals surface area contributed by atoms with E-state index in [2.05, 4.69) is 26.4 Å². The number of fused-ring (bicyclic) bond motifs is 1. The number of amides is 1. The van der Waals surface area contributed by atoms with E-state index in [-0.39, 0.29) is 11.6 Å². The Balaban J connectivity index is 1.32. The Kier molecular flexibility index (Phi) is 5.18. The van der Waals surface area contributed by atoms with Crippen LogP contribution in [0.15, 0.2) is 54.7 Å². The molecule has 1 N–H and O–H groups in total. The number of nitrogens with zero attached hydrogens (tertiary/aromatic N) is 5. The van der Waals surface area contributed by atoms with Crippen LogP contribution in [-0.2, 0) is 13.0 Å². The van der Waals surface area contributed by atoms with Crippen molar-refractivity contribution in [2.45, 2.75) is 32.7 Å². The highest BCUT2D eigenvalue weighted by molar-refractivity contribution is 6.03. The Hall–Kier alpha value is -3.94. The summed E-state index contributed by atoms with van der Waals surface area (Å²) in [4.78, 5) is 17.6. The molecule has 0 bridgehead atoms. The normalized spacial score (nSPS) is 12.9. The van der Waals surface area contributed by atoms with Gasteiger partial charge in [-0.2, -0.15) is 0 Å².